The maximum absolute atomic E-state index is 13.1. The van der Waals surface area contributed by atoms with Gasteiger partial charge in [-0.25, -0.2) is 4.39 Å². The Labute approximate surface area is 134 Å². The van der Waals surface area contributed by atoms with Crippen LogP contribution in [0.3, 0.4) is 0 Å². The van der Waals surface area contributed by atoms with Gasteiger partial charge in [-0.2, -0.15) is 0 Å². The van der Waals surface area contributed by atoms with Crippen molar-refractivity contribution in [2.75, 3.05) is 31.1 Å². The Bertz CT molecular complexity index is 657. The smallest absolute Gasteiger partial charge is 0.138 e. The Morgan fingerprint density at radius 3 is 2.45 bits per heavy atom. The molecule has 2 aromatic rings. The second kappa shape index (κ2) is 6.55. The Kier molecular flexibility index (Phi) is 4.50. The molecule has 1 heterocycles. The number of phenolic OH excluding ortho intramolecular Hbond substituents is 1. The van der Waals surface area contributed by atoms with Gasteiger partial charge in [0, 0.05) is 37.7 Å². The van der Waals surface area contributed by atoms with Gasteiger partial charge in [0.15, 0.2) is 0 Å². The van der Waals surface area contributed by atoms with Gasteiger partial charge in [-0.15, -0.1) is 0 Å². The zero-order chi connectivity index (χ0) is 15.5. The van der Waals surface area contributed by atoms with Crippen molar-refractivity contribution in [1.82, 2.24) is 4.90 Å². The third kappa shape index (κ3) is 3.34. The van der Waals surface area contributed by atoms with Crippen molar-refractivity contribution in [1.29, 1.82) is 0 Å². The van der Waals surface area contributed by atoms with Crippen LogP contribution in [-0.4, -0.2) is 36.2 Å². The summed E-state index contributed by atoms with van der Waals surface area (Å²) in [6, 6.07) is 11.9. The van der Waals surface area contributed by atoms with Crippen LogP contribution in [0.1, 0.15) is 5.56 Å². The van der Waals surface area contributed by atoms with E-state index in [1.165, 1.54) is 12.1 Å². The first kappa shape index (κ1) is 15.1. The Balaban J connectivity index is 1.61. The fourth-order valence-electron chi connectivity index (χ4n) is 2.77. The summed E-state index contributed by atoms with van der Waals surface area (Å²) in [5, 5.41) is 10.4. The number of hydrogen-bond acceptors (Lipinski definition) is 3. The lowest BCUT2D eigenvalue weighted by Gasteiger charge is -2.36. The largest absolute Gasteiger partial charge is 0.506 e. The average molecular weight is 321 g/mol. The van der Waals surface area contributed by atoms with Crippen molar-refractivity contribution in [3.63, 3.8) is 0 Å². The van der Waals surface area contributed by atoms with E-state index in [0.29, 0.717) is 17.3 Å². The summed E-state index contributed by atoms with van der Waals surface area (Å²) < 4.78 is 13.1. The van der Waals surface area contributed by atoms with Gasteiger partial charge in [-0.3, -0.25) is 4.90 Å². The maximum Gasteiger partial charge on any atom is 0.138 e. The molecular weight excluding hydrogens is 303 g/mol. The Hall–Kier alpha value is -1.78. The van der Waals surface area contributed by atoms with Crippen LogP contribution in [0.5, 0.6) is 5.75 Å². The summed E-state index contributed by atoms with van der Waals surface area (Å²) in [5.74, 6) is 0.00986. The van der Waals surface area contributed by atoms with Crippen LogP contribution in [0.4, 0.5) is 10.1 Å². The topological polar surface area (TPSA) is 26.7 Å². The van der Waals surface area contributed by atoms with Gasteiger partial charge in [0.25, 0.3) is 0 Å². The molecule has 0 aromatic heterocycles. The molecule has 2 aromatic carbocycles. The monoisotopic (exact) mass is 320 g/mol. The minimum absolute atomic E-state index is 0.307. The fourth-order valence-corrected chi connectivity index (χ4v) is 3.00. The molecule has 0 unspecified atom stereocenters. The van der Waals surface area contributed by atoms with Crippen molar-refractivity contribution < 1.29 is 9.50 Å². The molecular formula is C17H18ClFN2O. The summed E-state index contributed by atoms with van der Waals surface area (Å²) in [4.78, 5) is 4.47. The van der Waals surface area contributed by atoms with E-state index in [2.05, 4.69) is 9.80 Å². The first-order valence-electron chi connectivity index (χ1n) is 7.33. The molecule has 3 rings (SSSR count). The van der Waals surface area contributed by atoms with E-state index < -0.39 is 0 Å². The van der Waals surface area contributed by atoms with Crippen LogP contribution in [0.2, 0.25) is 5.02 Å². The van der Waals surface area contributed by atoms with E-state index in [-0.39, 0.29) is 5.82 Å². The van der Waals surface area contributed by atoms with E-state index in [1.807, 2.05) is 18.2 Å². The number of halogens is 2. The number of benzene rings is 2. The normalized spacial score (nSPS) is 16.0. The van der Waals surface area contributed by atoms with Gasteiger partial charge < -0.3 is 10.0 Å². The molecule has 0 bridgehead atoms. The summed E-state index contributed by atoms with van der Waals surface area (Å²) in [5.41, 5.74) is 1.82. The summed E-state index contributed by atoms with van der Waals surface area (Å²) in [6.45, 7) is 4.16. The van der Waals surface area contributed by atoms with Crippen molar-refractivity contribution in [3.05, 3.63) is 58.9 Å². The number of anilines is 1. The SMILES string of the molecule is Oc1ccccc1N1CCN(Cc2ccc(F)cc2Cl)CC1. The van der Waals surface area contributed by atoms with E-state index in [0.717, 1.165) is 37.4 Å². The minimum Gasteiger partial charge on any atom is -0.506 e. The molecule has 0 atom stereocenters. The van der Waals surface area contributed by atoms with E-state index in [9.17, 15) is 9.50 Å². The second-order valence-electron chi connectivity index (χ2n) is 5.49. The second-order valence-corrected chi connectivity index (χ2v) is 5.89. The molecule has 0 aliphatic carbocycles. The summed E-state index contributed by atoms with van der Waals surface area (Å²) in [6.07, 6.45) is 0. The minimum atomic E-state index is -0.307. The zero-order valence-electron chi connectivity index (χ0n) is 12.2. The Morgan fingerprint density at radius 1 is 1.05 bits per heavy atom. The molecule has 0 saturated carbocycles. The van der Waals surface area contributed by atoms with Crippen molar-refractivity contribution in [2.45, 2.75) is 6.54 Å². The van der Waals surface area contributed by atoms with E-state index >= 15 is 0 Å². The molecule has 1 aliphatic rings. The summed E-state index contributed by atoms with van der Waals surface area (Å²) >= 11 is 6.08. The predicted molar refractivity (Wildman–Crippen MR) is 87.0 cm³/mol. The van der Waals surface area contributed by atoms with Crippen LogP contribution in [-0.2, 0) is 6.54 Å². The van der Waals surface area contributed by atoms with Crippen molar-refractivity contribution >= 4 is 17.3 Å². The van der Waals surface area contributed by atoms with Crippen LogP contribution >= 0.6 is 11.6 Å². The summed E-state index contributed by atoms with van der Waals surface area (Å²) in [7, 11) is 0. The molecule has 3 nitrogen and oxygen atoms in total. The lowest BCUT2D eigenvalue weighted by atomic mass is 10.1. The molecule has 116 valence electrons. The maximum atomic E-state index is 13.1. The van der Waals surface area contributed by atoms with Gasteiger partial charge in [-0.05, 0) is 29.8 Å². The molecule has 1 fully saturated rings. The van der Waals surface area contributed by atoms with Gasteiger partial charge in [0.1, 0.15) is 11.6 Å². The number of aromatic hydroxyl groups is 1. The lowest BCUT2D eigenvalue weighted by molar-refractivity contribution is 0.249. The van der Waals surface area contributed by atoms with Crippen LogP contribution in [0.15, 0.2) is 42.5 Å². The van der Waals surface area contributed by atoms with Gasteiger partial charge >= 0.3 is 0 Å². The predicted octanol–water partition coefficient (Wildman–Crippen LogP) is 3.51. The third-order valence-corrected chi connectivity index (χ3v) is 4.36. The third-order valence-electron chi connectivity index (χ3n) is 4.00. The number of piperazine rings is 1. The lowest BCUT2D eigenvalue weighted by Crippen LogP contribution is -2.46. The molecule has 0 radical (unpaired) electrons. The molecule has 0 spiro atoms. The molecule has 0 amide bonds. The highest BCUT2D eigenvalue weighted by Crippen LogP contribution is 2.27. The highest BCUT2D eigenvalue weighted by atomic mass is 35.5. The van der Waals surface area contributed by atoms with Gasteiger partial charge in [-0.1, -0.05) is 29.8 Å². The van der Waals surface area contributed by atoms with Gasteiger partial charge in [0.05, 0.1) is 5.69 Å². The number of hydrogen-bond donors (Lipinski definition) is 1. The number of nitrogens with zero attached hydrogens (tertiary/aromatic N) is 2. The van der Waals surface area contributed by atoms with Crippen LogP contribution < -0.4 is 4.90 Å². The first-order chi connectivity index (χ1) is 10.6. The highest BCUT2D eigenvalue weighted by Gasteiger charge is 2.19. The van der Waals surface area contributed by atoms with Crippen LogP contribution in [0.25, 0.3) is 0 Å². The van der Waals surface area contributed by atoms with Crippen molar-refractivity contribution in [2.24, 2.45) is 0 Å². The molecule has 1 aliphatic heterocycles. The van der Waals surface area contributed by atoms with E-state index in [4.69, 9.17) is 11.6 Å². The molecule has 22 heavy (non-hydrogen) atoms. The van der Waals surface area contributed by atoms with Gasteiger partial charge in [0.2, 0.25) is 0 Å². The highest BCUT2D eigenvalue weighted by molar-refractivity contribution is 6.31. The average Bonchev–Trinajstić information content (AvgIpc) is 2.51. The quantitative estimate of drug-likeness (QED) is 0.937. The number of phenols is 1. The standard InChI is InChI=1S/C17H18ClFN2O/c18-15-11-14(19)6-5-13(15)12-20-7-9-21(10-8-20)16-3-1-2-4-17(16)22/h1-6,11,22H,7-10,12H2. The fraction of sp³-hybridized carbons (Fsp3) is 0.294. The number of para-hydroxylation sites is 2. The van der Waals surface area contributed by atoms with Crippen molar-refractivity contribution in [3.8, 4) is 5.75 Å². The number of rotatable bonds is 3. The van der Waals surface area contributed by atoms with E-state index in [1.54, 1.807) is 12.1 Å². The molecule has 5 heteroatoms. The molecule has 1 N–H and O–H groups in total. The zero-order valence-corrected chi connectivity index (χ0v) is 12.9. The Morgan fingerprint density at radius 2 is 1.77 bits per heavy atom. The molecule has 1 saturated heterocycles. The first-order valence-corrected chi connectivity index (χ1v) is 7.70. The van der Waals surface area contributed by atoms with Crippen LogP contribution in [0, 0.1) is 5.82 Å².